The molecule has 0 radical (unpaired) electrons. The highest BCUT2D eigenvalue weighted by molar-refractivity contribution is 5.87. The minimum atomic E-state index is -0.276. The molecule has 5 heteroatoms. The maximum Gasteiger partial charge on any atom is 0.200 e. The Labute approximate surface area is 188 Å². The van der Waals surface area contributed by atoms with Gasteiger partial charge in [-0.15, -0.1) is 0 Å². The normalized spacial score (nSPS) is 11.6. The van der Waals surface area contributed by atoms with Gasteiger partial charge in [0.15, 0.2) is 0 Å². The van der Waals surface area contributed by atoms with Gasteiger partial charge in [0, 0.05) is 11.6 Å². The van der Waals surface area contributed by atoms with Crippen LogP contribution in [0.25, 0.3) is 22.3 Å². The van der Waals surface area contributed by atoms with Crippen molar-refractivity contribution in [2.75, 3.05) is 7.11 Å². The third-order valence-electron chi connectivity index (χ3n) is 5.39. The lowest BCUT2D eigenvalue weighted by molar-refractivity contribution is 0.407. The van der Waals surface area contributed by atoms with Gasteiger partial charge in [0.1, 0.15) is 34.0 Å². The lowest BCUT2D eigenvalue weighted by atomic mass is 9.99. The van der Waals surface area contributed by atoms with Gasteiger partial charge in [0.2, 0.25) is 5.43 Å². The van der Waals surface area contributed by atoms with Crippen LogP contribution in [0.15, 0.2) is 62.8 Å². The van der Waals surface area contributed by atoms with Crippen LogP contribution in [0.3, 0.4) is 0 Å². The van der Waals surface area contributed by atoms with Crippen LogP contribution in [0.5, 0.6) is 17.2 Å². The topological polar surface area (TPSA) is 79.9 Å². The standard InChI is InChI=1S/C27H30O5/c1-16(2)7-6-8-17(3)9-11-21-26(30)25-22(29)13-18(4)14-24(25)32-27(21)20-12-10-19(28)15-23(20)31-5/h7,9-10,12-15,28-29H,6,8,11H2,1-5H3/b17-9+. The van der Waals surface area contributed by atoms with Crippen LogP contribution in [0.1, 0.15) is 44.7 Å². The molecule has 168 valence electrons. The molecule has 0 spiro atoms. The predicted molar refractivity (Wildman–Crippen MR) is 129 cm³/mol. The Kier molecular flexibility index (Phi) is 7.08. The lowest BCUT2D eigenvalue weighted by Crippen LogP contribution is -2.11. The maximum absolute atomic E-state index is 13.5. The number of aromatic hydroxyl groups is 2. The van der Waals surface area contributed by atoms with Crippen LogP contribution < -0.4 is 10.2 Å². The molecule has 2 N–H and O–H groups in total. The molecule has 0 aliphatic rings. The molecule has 3 aromatic rings. The molecule has 1 heterocycles. The van der Waals surface area contributed by atoms with Crippen molar-refractivity contribution in [1.29, 1.82) is 0 Å². The molecule has 0 bridgehead atoms. The molecule has 0 aliphatic carbocycles. The first-order chi connectivity index (χ1) is 15.2. The summed E-state index contributed by atoms with van der Waals surface area (Å²) < 4.78 is 11.6. The predicted octanol–water partition coefficient (Wildman–Crippen LogP) is 6.42. The lowest BCUT2D eigenvalue weighted by Gasteiger charge is -2.14. The van der Waals surface area contributed by atoms with Gasteiger partial charge >= 0.3 is 0 Å². The molecule has 32 heavy (non-hydrogen) atoms. The third kappa shape index (κ3) is 5.05. The summed E-state index contributed by atoms with van der Waals surface area (Å²) in [4.78, 5) is 13.5. The first kappa shape index (κ1) is 23.2. The summed E-state index contributed by atoms with van der Waals surface area (Å²) in [6, 6.07) is 7.97. The van der Waals surface area contributed by atoms with Crippen molar-refractivity contribution in [3.8, 4) is 28.6 Å². The van der Waals surface area contributed by atoms with Crippen molar-refractivity contribution in [2.45, 2.75) is 47.0 Å². The molecule has 1 aromatic heterocycles. The molecule has 2 aromatic carbocycles. The first-order valence-electron chi connectivity index (χ1n) is 10.7. The van der Waals surface area contributed by atoms with E-state index < -0.39 is 0 Å². The zero-order chi connectivity index (χ0) is 23.4. The molecule has 0 amide bonds. The van der Waals surface area contributed by atoms with E-state index in [0.717, 1.165) is 18.4 Å². The van der Waals surface area contributed by atoms with E-state index in [4.69, 9.17) is 9.15 Å². The van der Waals surface area contributed by atoms with Crippen molar-refractivity contribution >= 4 is 11.0 Å². The van der Waals surface area contributed by atoms with E-state index in [0.29, 0.717) is 34.6 Å². The number of allylic oxidation sites excluding steroid dienone is 4. The van der Waals surface area contributed by atoms with Crippen molar-refractivity contribution < 1.29 is 19.4 Å². The van der Waals surface area contributed by atoms with E-state index in [1.807, 2.05) is 19.9 Å². The van der Waals surface area contributed by atoms with E-state index in [2.05, 4.69) is 19.9 Å². The minimum absolute atomic E-state index is 0.0544. The second-order valence-electron chi connectivity index (χ2n) is 8.36. The highest BCUT2D eigenvalue weighted by Gasteiger charge is 2.21. The fourth-order valence-electron chi connectivity index (χ4n) is 3.71. The number of ether oxygens (including phenoxy) is 1. The van der Waals surface area contributed by atoms with E-state index in [1.54, 1.807) is 18.2 Å². The summed E-state index contributed by atoms with van der Waals surface area (Å²) in [6.07, 6.45) is 6.40. The average molecular weight is 435 g/mol. The minimum Gasteiger partial charge on any atom is -0.508 e. The van der Waals surface area contributed by atoms with Gasteiger partial charge in [-0.2, -0.15) is 0 Å². The van der Waals surface area contributed by atoms with Gasteiger partial charge in [0.25, 0.3) is 0 Å². The highest BCUT2D eigenvalue weighted by Crippen LogP contribution is 2.37. The SMILES string of the molecule is COc1cc(O)ccc1-c1oc2cc(C)cc(O)c2c(=O)c1C/C=C(\C)CCC=C(C)C. The van der Waals surface area contributed by atoms with E-state index in [1.165, 1.54) is 30.4 Å². The van der Waals surface area contributed by atoms with Gasteiger partial charge in [-0.25, -0.2) is 0 Å². The molecule has 0 fully saturated rings. The Hall–Kier alpha value is -3.47. The first-order valence-corrected chi connectivity index (χ1v) is 10.7. The van der Waals surface area contributed by atoms with Gasteiger partial charge in [-0.05, 0) is 76.8 Å². The van der Waals surface area contributed by atoms with Crippen LogP contribution in [0.2, 0.25) is 0 Å². The van der Waals surface area contributed by atoms with Gasteiger partial charge in [-0.3, -0.25) is 4.79 Å². The maximum atomic E-state index is 13.5. The third-order valence-corrected chi connectivity index (χ3v) is 5.39. The molecule has 3 rings (SSSR count). The second kappa shape index (κ2) is 9.77. The van der Waals surface area contributed by atoms with Crippen LogP contribution in [0.4, 0.5) is 0 Å². The summed E-state index contributed by atoms with van der Waals surface area (Å²) >= 11 is 0. The molecule has 0 atom stereocenters. The Balaban J connectivity index is 2.19. The molecule has 0 saturated carbocycles. The number of fused-ring (bicyclic) bond motifs is 1. The number of hydrogen-bond donors (Lipinski definition) is 2. The number of phenols is 2. The number of phenolic OH excluding ortho intramolecular Hbond substituents is 2. The molecule has 0 unspecified atom stereocenters. The van der Waals surface area contributed by atoms with Crippen molar-refractivity contribution in [2.24, 2.45) is 0 Å². The molecule has 0 saturated heterocycles. The van der Waals surface area contributed by atoms with Crippen LogP contribution in [-0.4, -0.2) is 17.3 Å². The molecular formula is C27H30O5. The van der Waals surface area contributed by atoms with E-state index in [9.17, 15) is 15.0 Å². The monoisotopic (exact) mass is 434 g/mol. The zero-order valence-corrected chi connectivity index (χ0v) is 19.3. The van der Waals surface area contributed by atoms with Crippen molar-refractivity contribution in [3.63, 3.8) is 0 Å². The Morgan fingerprint density at radius 2 is 1.84 bits per heavy atom. The number of aryl methyl sites for hydroxylation is 1. The molecule has 0 aliphatic heterocycles. The smallest absolute Gasteiger partial charge is 0.200 e. The van der Waals surface area contributed by atoms with Crippen molar-refractivity contribution in [3.05, 3.63) is 75.0 Å². The summed E-state index contributed by atoms with van der Waals surface area (Å²) in [7, 11) is 1.50. The highest BCUT2D eigenvalue weighted by atomic mass is 16.5. The Morgan fingerprint density at radius 3 is 2.53 bits per heavy atom. The van der Waals surface area contributed by atoms with Crippen LogP contribution in [-0.2, 0) is 6.42 Å². The molecule has 5 nitrogen and oxygen atoms in total. The number of benzene rings is 2. The van der Waals surface area contributed by atoms with Crippen LogP contribution in [0, 0.1) is 6.92 Å². The number of rotatable bonds is 7. The van der Waals surface area contributed by atoms with Gasteiger partial charge in [0.05, 0.1) is 12.7 Å². The fourth-order valence-corrected chi connectivity index (χ4v) is 3.71. The fraction of sp³-hybridized carbons (Fsp3) is 0.296. The number of methoxy groups -OCH3 is 1. The van der Waals surface area contributed by atoms with Gasteiger partial charge in [-0.1, -0.05) is 23.3 Å². The van der Waals surface area contributed by atoms with E-state index >= 15 is 0 Å². The summed E-state index contributed by atoms with van der Waals surface area (Å²) in [5.74, 6) is 0.731. The second-order valence-corrected chi connectivity index (χ2v) is 8.36. The van der Waals surface area contributed by atoms with Crippen molar-refractivity contribution in [1.82, 2.24) is 0 Å². The number of hydrogen-bond acceptors (Lipinski definition) is 5. The summed E-state index contributed by atoms with van der Waals surface area (Å²) in [6.45, 7) is 8.02. The Bertz CT molecular complexity index is 1260. The zero-order valence-electron chi connectivity index (χ0n) is 19.3. The Morgan fingerprint density at radius 1 is 1.09 bits per heavy atom. The quantitative estimate of drug-likeness (QED) is 0.419. The van der Waals surface area contributed by atoms with Gasteiger partial charge < -0.3 is 19.4 Å². The summed E-state index contributed by atoms with van der Waals surface area (Å²) in [5.41, 5.74) is 4.26. The average Bonchev–Trinajstić information content (AvgIpc) is 2.71. The van der Waals surface area contributed by atoms with E-state index in [-0.39, 0.29) is 22.3 Å². The largest absolute Gasteiger partial charge is 0.508 e. The summed E-state index contributed by atoms with van der Waals surface area (Å²) in [5, 5.41) is 20.5. The molecular weight excluding hydrogens is 404 g/mol. The van der Waals surface area contributed by atoms with Crippen LogP contribution >= 0.6 is 0 Å².